The molecule has 12 nitrogen and oxygen atoms in total. The van der Waals surface area contributed by atoms with Gasteiger partial charge in [-0.25, -0.2) is 22.3 Å². The van der Waals surface area contributed by atoms with Crippen molar-refractivity contribution in [3.05, 3.63) is 54.1 Å². The van der Waals surface area contributed by atoms with E-state index in [9.17, 15) is 17.6 Å². The number of aromatic nitrogens is 3. The first kappa shape index (κ1) is 28.3. The third-order valence-corrected chi connectivity index (χ3v) is 7.44. The molecule has 14 heteroatoms. The summed E-state index contributed by atoms with van der Waals surface area (Å²) in [6.07, 6.45) is 0. The molecule has 2 heterocycles. The number of carbonyl (C=O) groups is 1. The lowest BCUT2D eigenvalue weighted by Gasteiger charge is -2.27. The van der Waals surface area contributed by atoms with Crippen molar-refractivity contribution in [3.8, 4) is 17.5 Å². The average molecular weight is 563 g/mol. The van der Waals surface area contributed by atoms with Crippen LogP contribution in [0.15, 0.2) is 47.4 Å². The molecule has 2 amide bonds. The molecule has 1 aliphatic heterocycles. The third kappa shape index (κ3) is 6.82. The molecule has 0 saturated carbocycles. The number of ether oxygens (including phenoxy) is 3. The first-order valence-corrected chi connectivity index (χ1v) is 14.0. The number of amides is 2. The second-order valence-corrected chi connectivity index (χ2v) is 10.3. The maximum absolute atomic E-state index is 13.3. The van der Waals surface area contributed by atoms with Crippen molar-refractivity contribution in [1.82, 2.24) is 24.4 Å². The lowest BCUT2D eigenvalue weighted by atomic mass is 10.3. The molecule has 2 aromatic carbocycles. The smallest absolute Gasteiger partial charge is 0.322 e. The first-order chi connectivity index (χ1) is 18.7. The van der Waals surface area contributed by atoms with Crippen molar-refractivity contribution >= 4 is 21.7 Å². The highest BCUT2D eigenvalue weighted by molar-refractivity contribution is 7.89. The summed E-state index contributed by atoms with van der Waals surface area (Å²) in [5, 5.41) is 10.9. The zero-order valence-electron chi connectivity index (χ0n) is 21.9. The van der Waals surface area contributed by atoms with Crippen LogP contribution in [0.1, 0.15) is 32.6 Å². The molecule has 4 rings (SSSR count). The van der Waals surface area contributed by atoms with E-state index in [0.29, 0.717) is 56.8 Å². The molecule has 0 aliphatic carbocycles. The maximum atomic E-state index is 13.3. The number of sulfonamides is 1. The molecule has 210 valence electrons. The second-order valence-electron chi connectivity index (χ2n) is 8.60. The van der Waals surface area contributed by atoms with Gasteiger partial charge in [0.2, 0.25) is 10.0 Å². The van der Waals surface area contributed by atoms with Gasteiger partial charge in [-0.3, -0.25) is 4.57 Å². The van der Waals surface area contributed by atoms with E-state index in [0.717, 1.165) is 0 Å². The van der Waals surface area contributed by atoms with E-state index in [1.54, 1.807) is 23.3 Å². The van der Waals surface area contributed by atoms with Crippen LogP contribution in [0.5, 0.6) is 17.5 Å². The fourth-order valence-corrected chi connectivity index (χ4v) is 5.20. The number of nitrogens with zero attached hydrogens (tertiary/aromatic N) is 4. The first-order valence-electron chi connectivity index (χ1n) is 12.5. The van der Waals surface area contributed by atoms with Crippen LogP contribution < -0.4 is 19.5 Å². The Hall–Kier alpha value is -3.75. The zero-order chi connectivity index (χ0) is 28.0. The van der Waals surface area contributed by atoms with Gasteiger partial charge in [0.05, 0.1) is 36.4 Å². The van der Waals surface area contributed by atoms with E-state index in [2.05, 4.69) is 20.2 Å². The molecular weight excluding hydrogens is 531 g/mol. The molecule has 3 aromatic rings. The van der Waals surface area contributed by atoms with E-state index in [-0.39, 0.29) is 22.6 Å². The van der Waals surface area contributed by atoms with Crippen LogP contribution in [-0.4, -0.2) is 67.0 Å². The van der Waals surface area contributed by atoms with E-state index < -0.39 is 21.9 Å². The Morgan fingerprint density at radius 3 is 2.51 bits per heavy atom. The number of anilines is 1. The summed E-state index contributed by atoms with van der Waals surface area (Å²) in [5.74, 6) is 0.629. The standard InChI is InChI=1S/C25H31FN6O6S/c1-4-32-23(28-29-25(32)38-19-8-6-18(26)7-9-19)17(3)30-39(34,35)20-10-11-22(37-5-2)21(16-20)27-24(33)31-12-14-36-15-13-31/h6-11,16-17,30H,4-5,12-15H2,1-3H3,(H,27,33)/t17-/m1/s1. The molecule has 1 saturated heterocycles. The van der Waals surface area contributed by atoms with E-state index in [1.165, 1.54) is 42.5 Å². The molecule has 1 fully saturated rings. The minimum absolute atomic E-state index is 0.0690. The van der Waals surface area contributed by atoms with Gasteiger partial charge in [0.1, 0.15) is 17.3 Å². The second kappa shape index (κ2) is 12.4. The van der Waals surface area contributed by atoms with Crippen LogP contribution in [0.3, 0.4) is 0 Å². The molecule has 2 N–H and O–H groups in total. The van der Waals surface area contributed by atoms with Gasteiger partial charge >= 0.3 is 12.0 Å². The van der Waals surface area contributed by atoms with Crippen molar-refractivity contribution in [2.45, 2.75) is 38.3 Å². The number of hydrogen-bond acceptors (Lipinski definition) is 8. The molecular formula is C25H31FN6O6S. The zero-order valence-corrected chi connectivity index (χ0v) is 22.7. The summed E-state index contributed by atoms with van der Waals surface area (Å²) in [6.45, 7) is 7.70. The quantitative estimate of drug-likeness (QED) is 0.383. The van der Waals surface area contributed by atoms with E-state index >= 15 is 0 Å². The summed E-state index contributed by atoms with van der Waals surface area (Å²) in [6, 6.07) is 8.66. The van der Waals surface area contributed by atoms with E-state index in [4.69, 9.17) is 14.2 Å². The van der Waals surface area contributed by atoms with Crippen molar-refractivity contribution in [2.75, 3.05) is 38.2 Å². The number of halogens is 1. The van der Waals surface area contributed by atoms with Gasteiger partial charge < -0.3 is 24.4 Å². The molecule has 1 atom stereocenters. The average Bonchev–Trinajstić information content (AvgIpc) is 3.34. The predicted octanol–water partition coefficient (Wildman–Crippen LogP) is 3.53. The Morgan fingerprint density at radius 2 is 1.85 bits per heavy atom. The monoisotopic (exact) mass is 562 g/mol. The third-order valence-electron chi connectivity index (χ3n) is 5.90. The number of benzene rings is 2. The number of morpholine rings is 1. The van der Waals surface area contributed by atoms with Gasteiger partial charge in [-0.15, -0.1) is 5.10 Å². The number of hydrogen-bond donors (Lipinski definition) is 2. The Morgan fingerprint density at radius 1 is 1.13 bits per heavy atom. The summed E-state index contributed by atoms with van der Waals surface area (Å²) in [4.78, 5) is 14.3. The van der Waals surface area contributed by atoms with Crippen LogP contribution in [0.4, 0.5) is 14.9 Å². The van der Waals surface area contributed by atoms with Gasteiger partial charge in [-0.2, -0.15) is 0 Å². The van der Waals surface area contributed by atoms with Gasteiger partial charge in [0, 0.05) is 19.6 Å². The van der Waals surface area contributed by atoms with Gasteiger partial charge in [-0.05, 0) is 63.2 Å². The Labute approximate surface area is 226 Å². The molecule has 1 aliphatic rings. The number of carbonyl (C=O) groups excluding carboxylic acids is 1. The SMILES string of the molecule is CCOc1ccc(S(=O)(=O)N[C@H](C)c2nnc(Oc3ccc(F)cc3)n2CC)cc1NC(=O)N1CCOCC1. The molecule has 0 bridgehead atoms. The lowest BCUT2D eigenvalue weighted by Crippen LogP contribution is -2.43. The molecule has 0 radical (unpaired) electrons. The van der Waals surface area contributed by atoms with E-state index in [1.807, 2.05) is 6.92 Å². The largest absolute Gasteiger partial charge is 0.492 e. The van der Waals surface area contributed by atoms with Crippen molar-refractivity contribution in [2.24, 2.45) is 0 Å². The number of rotatable bonds is 10. The summed E-state index contributed by atoms with van der Waals surface area (Å²) >= 11 is 0. The lowest BCUT2D eigenvalue weighted by molar-refractivity contribution is 0.0564. The van der Waals surface area contributed by atoms with Crippen LogP contribution in [0.2, 0.25) is 0 Å². The highest BCUT2D eigenvalue weighted by atomic mass is 32.2. The van der Waals surface area contributed by atoms with Gasteiger partial charge in [0.25, 0.3) is 0 Å². The minimum atomic E-state index is -4.06. The Bertz CT molecular complexity index is 1390. The summed E-state index contributed by atoms with van der Waals surface area (Å²) < 4.78 is 60.7. The highest BCUT2D eigenvalue weighted by Gasteiger charge is 2.26. The summed E-state index contributed by atoms with van der Waals surface area (Å²) in [5.41, 5.74) is 0.232. The fourth-order valence-electron chi connectivity index (χ4n) is 3.97. The summed E-state index contributed by atoms with van der Waals surface area (Å²) in [7, 11) is -4.06. The highest BCUT2D eigenvalue weighted by Crippen LogP contribution is 2.30. The number of nitrogens with one attached hydrogen (secondary N) is 2. The van der Waals surface area contributed by atoms with Crippen molar-refractivity contribution < 1.29 is 31.8 Å². The Balaban J connectivity index is 1.53. The van der Waals surface area contributed by atoms with Gasteiger partial charge in [0.15, 0.2) is 5.82 Å². The van der Waals surface area contributed by atoms with Crippen LogP contribution in [0, 0.1) is 5.82 Å². The van der Waals surface area contributed by atoms with Crippen LogP contribution >= 0.6 is 0 Å². The minimum Gasteiger partial charge on any atom is -0.492 e. The molecule has 0 unspecified atom stereocenters. The number of urea groups is 1. The Kier molecular flexibility index (Phi) is 8.99. The predicted molar refractivity (Wildman–Crippen MR) is 140 cm³/mol. The topological polar surface area (TPSA) is 137 Å². The van der Waals surface area contributed by atoms with Crippen molar-refractivity contribution in [1.29, 1.82) is 0 Å². The molecule has 1 aromatic heterocycles. The van der Waals surface area contributed by atoms with Gasteiger partial charge in [-0.1, -0.05) is 5.10 Å². The molecule has 39 heavy (non-hydrogen) atoms. The maximum Gasteiger partial charge on any atom is 0.322 e. The molecule has 0 spiro atoms. The van der Waals surface area contributed by atoms with Crippen molar-refractivity contribution in [3.63, 3.8) is 0 Å². The normalized spacial score (nSPS) is 14.6. The van der Waals surface area contributed by atoms with Crippen LogP contribution in [0.25, 0.3) is 0 Å². The van der Waals surface area contributed by atoms with Crippen LogP contribution in [-0.2, 0) is 21.3 Å². The fraction of sp³-hybridized carbons (Fsp3) is 0.400.